The van der Waals surface area contributed by atoms with Crippen LogP contribution in [0.15, 0.2) is 29.8 Å². The molecule has 0 saturated carbocycles. The second-order valence-electron chi connectivity index (χ2n) is 5.76. The summed E-state index contributed by atoms with van der Waals surface area (Å²) in [5.41, 5.74) is 2.05. The molecule has 0 N–H and O–H groups in total. The second-order valence-corrected chi connectivity index (χ2v) is 5.76. The van der Waals surface area contributed by atoms with Crippen LogP contribution in [0, 0.1) is 11.3 Å². The van der Waals surface area contributed by atoms with Crippen LogP contribution in [0.1, 0.15) is 38.7 Å². The molecule has 0 aromatic heterocycles. The van der Waals surface area contributed by atoms with Gasteiger partial charge in [-0.3, -0.25) is 0 Å². The van der Waals surface area contributed by atoms with Gasteiger partial charge in [0.2, 0.25) is 0 Å². The Morgan fingerprint density at radius 1 is 1.23 bits per heavy atom. The third kappa shape index (κ3) is 4.36. The number of ether oxygens (including phenoxy) is 1. The molecule has 0 amide bonds. The number of anilines is 1. The van der Waals surface area contributed by atoms with E-state index in [4.69, 9.17) is 10.00 Å². The van der Waals surface area contributed by atoms with Crippen LogP contribution in [0.2, 0.25) is 0 Å². The number of nitrogens with zero attached hydrogens (tertiary/aromatic N) is 2. The molecule has 0 unspecified atom stereocenters. The molecule has 4 nitrogen and oxygen atoms in total. The summed E-state index contributed by atoms with van der Waals surface area (Å²) in [5, 5.41) is 9.10. The molecule has 1 aromatic carbocycles. The molecule has 1 aliphatic heterocycles. The van der Waals surface area contributed by atoms with E-state index >= 15 is 0 Å². The topological polar surface area (TPSA) is 53.3 Å². The van der Waals surface area contributed by atoms with E-state index in [1.165, 1.54) is 24.9 Å². The van der Waals surface area contributed by atoms with Gasteiger partial charge in [0.25, 0.3) is 0 Å². The van der Waals surface area contributed by atoms with Crippen molar-refractivity contribution in [1.82, 2.24) is 0 Å². The summed E-state index contributed by atoms with van der Waals surface area (Å²) in [4.78, 5) is 14.2. The summed E-state index contributed by atoms with van der Waals surface area (Å²) in [6.07, 6.45) is 5.12. The highest BCUT2D eigenvalue weighted by atomic mass is 16.5. The van der Waals surface area contributed by atoms with Crippen molar-refractivity contribution in [3.63, 3.8) is 0 Å². The average Bonchev–Trinajstić information content (AvgIpc) is 2.53. The molecule has 4 heteroatoms. The van der Waals surface area contributed by atoms with Crippen molar-refractivity contribution < 1.29 is 9.53 Å². The van der Waals surface area contributed by atoms with Crippen molar-refractivity contribution in [3.8, 4) is 6.07 Å². The maximum atomic E-state index is 11.8. The number of nitriles is 1. The van der Waals surface area contributed by atoms with Crippen molar-refractivity contribution in [2.45, 2.75) is 39.2 Å². The molecule has 116 valence electrons. The minimum Gasteiger partial charge on any atom is -0.459 e. The first-order valence-corrected chi connectivity index (χ1v) is 7.78. The average molecular weight is 298 g/mol. The maximum Gasteiger partial charge on any atom is 0.349 e. The summed E-state index contributed by atoms with van der Waals surface area (Å²) in [6.45, 7) is 5.72. The van der Waals surface area contributed by atoms with Crippen molar-refractivity contribution in [1.29, 1.82) is 5.26 Å². The highest BCUT2D eigenvalue weighted by Crippen LogP contribution is 2.21. The summed E-state index contributed by atoms with van der Waals surface area (Å²) in [7, 11) is 0. The lowest BCUT2D eigenvalue weighted by molar-refractivity contribution is -0.142. The molecule has 1 saturated heterocycles. The van der Waals surface area contributed by atoms with Gasteiger partial charge in [0.1, 0.15) is 11.6 Å². The molecule has 22 heavy (non-hydrogen) atoms. The van der Waals surface area contributed by atoms with Gasteiger partial charge < -0.3 is 9.64 Å². The zero-order chi connectivity index (χ0) is 15.9. The Hall–Kier alpha value is -2.28. The number of carbonyl (C=O) groups is 1. The Bertz CT molecular complexity index is 576. The summed E-state index contributed by atoms with van der Waals surface area (Å²) in [6, 6.07) is 9.86. The van der Waals surface area contributed by atoms with Crippen molar-refractivity contribution >= 4 is 17.7 Å². The predicted octanol–water partition coefficient (Wildman–Crippen LogP) is 3.54. The van der Waals surface area contributed by atoms with Crippen molar-refractivity contribution in [3.05, 3.63) is 35.4 Å². The van der Waals surface area contributed by atoms with Crippen LogP contribution >= 0.6 is 0 Å². The quantitative estimate of drug-likeness (QED) is 0.485. The molecule has 0 atom stereocenters. The molecule has 0 radical (unpaired) electrons. The minimum atomic E-state index is -0.572. The van der Waals surface area contributed by atoms with E-state index in [9.17, 15) is 4.79 Å². The summed E-state index contributed by atoms with van der Waals surface area (Å²) >= 11 is 0. The maximum absolute atomic E-state index is 11.8. The zero-order valence-electron chi connectivity index (χ0n) is 13.2. The molecular weight excluding hydrogens is 276 g/mol. The van der Waals surface area contributed by atoms with Crippen LogP contribution < -0.4 is 4.90 Å². The van der Waals surface area contributed by atoms with Gasteiger partial charge in [-0.15, -0.1) is 0 Å². The van der Waals surface area contributed by atoms with E-state index in [2.05, 4.69) is 4.90 Å². The third-order valence-corrected chi connectivity index (χ3v) is 3.61. The highest BCUT2D eigenvalue weighted by Gasteiger charge is 2.13. The van der Waals surface area contributed by atoms with E-state index < -0.39 is 5.97 Å². The van der Waals surface area contributed by atoms with Crippen molar-refractivity contribution in [2.75, 3.05) is 18.0 Å². The van der Waals surface area contributed by atoms with Gasteiger partial charge in [-0.1, -0.05) is 12.1 Å². The number of carbonyl (C=O) groups excluding carboxylic acids is 1. The lowest BCUT2D eigenvalue weighted by Crippen LogP contribution is -2.29. The number of rotatable bonds is 4. The molecule has 1 fully saturated rings. The lowest BCUT2D eigenvalue weighted by Gasteiger charge is -2.28. The van der Waals surface area contributed by atoms with Crippen LogP contribution in [-0.4, -0.2) is 25.2 Å². The Labute approximate surface area is 132 Å². The van der Waals surface area contributed by atoms with Gasteiger partial charge in [0.15, 0.2) is 0 Å². The van der Waals surface area contributed by atoms with E-state index in [0.717, 1.165) is 18.7 Å². The fraction of sp³-hybridized carbons (Fsp3) is 0.444. The van der Waals surface area contributed by atoms with Gasteiger partial charge in [-0.05, 0) is 56.9 Å². The normalized spacial score (nSPS) is 15.5. The van der Waals surface area contributed by atoms with Crippen LogP contribution in [0.25, 0.3) is 6.08 Å². The molecule has 1 heterocycles. The second kappa shape index (κ2) is 7.65. The van der Waals surface area contributed by atoms with E-state index in [1.54, 1.807) is 19.9 Å². The van der Waals surface area contributed by atoms with Gasteiger partial charge in [0, 0.05) is 18.8 Å². The Morgan fingerprint density at radius 2 is 1.86 bits per heavy atom. The molecule has 2 rings (SSSR count). The van der Waals surface area contributed by atoms with E-state index in [1.807, 2.05) is 30.3 Å². The Morgan fingerprint density at radius 3 is 2.41 bits per heavy atom. The van der Waals surface area contributed by atoms with Gasteiger partial charge >= 0.3 is 5.97 Å². The van der Waals surface area contributed by atoms with Crippen LogP contribution in [0.4, 0.5) is 5.69 Å². The molecule has 1 aliphatic rings. The number of esters is 1. The Kier molecular flexibility index (Phi) is 5.60. The number of hydrogen-bond donors (Lipinski definition) is 0. The number of benzene rings is 1. The van der Waals surface area contributed by atoms with Crippen molar-refractivity contribution in [2.24, 2.45) is 0 Å². The fourth-order valence-electron chi connectivity index (χ4n) is 2.51. The first-order valence-electron chi connectivity index (χ1n) is 7.78. The third-order valence-electron chi connectivity index (χ3n) is 3.61. The van der Waals surface area contributed by atoms with Crippen LogP contribution in [-0.2, 0) is 9.53 Å². The van der Waals surface area contributed by atoms with Gasteiger partial charge in [-0.25, -0.2) is 4.79 Å². The number of piperidine rings is 1. The van der Waals surface area contributed by atoms with Crippen LogP contribution in [0.3, 0.4) is 0 Å². The monoisotopic (exact) mass is 298 g/mol. The molecular formula is C18H22N2O2. The standard InChI is InChI=1S/C18H22N2O2/c1-14(2)22-18(21)16(13-19)12-15-6-8-17(9-7-15)20-10-4-3-5-11-20/h6-9,12,14H,3-5,10-11H2,1-2H3/b16-12+. The fourth-order valence-corrected chi connectivity index (χ4v) is 2.51. The first-order chi connectivity index (χ1) is 10.6. The zero-order valence-corrected chi connectivity index (χ0v) is 13.2. The number of hydrogen-bond acceptors (Lipinski definition) is 4. The highest BCUT2D eigenvalue weighted by molar-refractivity contribution is 5.98. The summed E-state index contributed by atoms with van der Waals surface area (Å²) < 4.78 is 5.06. The smallest absolute Gasteiger partial charge is 0.349 e. The first kappa shape index (κ1) is 16.1. The minimum absolute atomic E-state index is 0.0272. The van der Waals surface area contributed by atoms with Gasteiger partial charge in [-0.2, -0.15) is 5.26 Å². The predicted molar refractivity (Wildman–Crippen MR) is 87.3 cm³/mol. The van der Waals surface area contributed by atoms with Crippen LogP contribution in [0.5, 0.6) is 0 Å². The molecule has 0 aliphatic carbocycles. The van der Waals surface area contributed by atoms with E-state index in [-0.39, 0.29) is 11.7 Å². The summed E-state index contributed by atoms with van der Waals surface area (Å²) in [5.74, 6) is -0.572. The van der Waals surface area contributed by atoms with Gasteiger partial charge in [0.05, 0.1) is 6.10 Å². The molecule has 0 spiro atoms. The molecule has 0 bridgehead atoms. The SMILES string of the molecule is CC(C)OC(=O)/C(C#N)=C/c1ccc(N2CCCCC2)cc1. The lowest BCUT2D eigenvalue weighted by atomic mass is 10.1. The molecule has 1 aromatic rings. The Balaban J connectivity index is 2.10. The largest absolute Gasteiger partial charge is 0.459 e. The van der Waals surface area contributed by atoms with E-state index in [0.29, 0.717) is 0 Å².